The van der Waals surface area contributed by atoms with Crippen molar-refractivity contribution in [2.45, 2.75) is 32.2 Å². The maximum absolute atomic E-state index is 13.8. The number of halogens is 1. The molecule has 0 radical (unpaired) electrons. The molecule has 11 heteroatoms. The van der Waals surface area contributed by atoms with Crippen molar-refractivity contribution >= 4 is 11.9 Å². The highest BCUT2D eigenvalue weighted by molar-refractivity contribution is 5.82. The minimum Gasteiger partial charge on any atom is -0.460 e. The van der Waals surface area contributed by atoms with Gasteiger partial charge in [-0.2, -0.15) is 19.9 Å². The molecular weight excluding hydrogens is 429 g/mol. The number of hydrogen-bond donors (Lipinski definition) is 0. The van der Waals surface area contributed by atoms with Crippen LogP contribution < -0.4 is 9.64 Å². The lowest BCUT2D eigenvalue weighted by Crippen LogP contribution is -2.48. The van der Waals surface area contributed by atoms with Gasteiger partial charge in [-0.3, -0.25) is 14.6 Å². The molecule has 0 spiro atoms. The highest BCUT2D eigenvalue weighted by Crippen LogP contribution is 2.39. The number of piperidine rings is 1. The number of pyridine rings is 1. The maximum Gasteiger partial charge on any atom is 0.256 e. The third-order valence-electron chi connectivity index (χ3n) is 6.02. The van der Waals surface area contributed by atoms with Crippen LogP contribution in [-0.2, 0) is 9.63 Å². The first-order valence-corrected chi connectivity index (χ1v) is 10.5. The number of anilines is 1. The molecule has 0 saturated carbocycles. The Kier molecular flexibility index (Phi) is 6.33. The van der Waals surface area contributed by atoms with Gasteiger partial charge in [-0.15, -0.1) is 0 Å². The summed E-state index contributed by atoms with van der Waals surface area (Å²) in [6, 6.07) is 5.28. The van der Waals surface area contributed by atoms with Crippen LogP contribution >= 0.6 is 0 Å². The van der Waals surface area contributed by atoms with Crippen LogP contribution in [0.2, 0.25) is 0 Å². The van der Waals surface area contributed by atoms with Crippen molar-refractivity contribution in [3.05, 3.63) is 41.6 Å². The van der Waals surface area contributed by atoms with E-state index in [9.17, 15) is 9.18 Å². The van der Waals surface area contributed by atoms with E-state index in [1.54, 1.807) is 18.3 Å². The molecule has 0 bridgehead atoms. The summed E-state index contributed by atoms with van der Waals surface area (Å²) >= 11 is 0. The van der Waals surface area contributed by atoms with Crippen LogP contribution in [0, 0.1) is 33.9 Å². The molecule has 1 atom stereocenters. The van der Waals surface area contributed by atoms with Crippen LogP contribution in [0.5, 0.6) is 5.88 Å². The molecule has 170 valence electrons. The summed E-state index contributed by atoms with van der Waals surface area (Å²) < 4.78 is 18.8. The number of aromatic nitrogens is 3. The molecule has 0 aromatic carbocycles. The number of rotatable bonds is 5. The molecular formula is C22H22FN7O3. The summed E-state index contributed by atoms with van der Waals surface area (Å²) in [5.74, 6) is -0.843. The van der Waals surface area contributed by atoms with Crippen molar-refractivity contribution in [3.8, 4) is 18.0 Å². The largest absolute Gasteiger partial charge is 0.460 e. The number of carbonyl (C=O) groups is 1. The lowest BCUT2D eigenvalue weighted by molar-refractivity contribution is -0.189. The van der Waals surface area contributed by atoms with E-state index in [4.69, 9.17) is 20.1 Å². The molecule has 2 fully saturated rings. The van der Waals surface area contributed by atoms with Crippen LogP contribution in [0.15, 0.2) is 24.7 Å². The summed E-state index contributed by atoms with van der Waals surface area (Å²) in [5, 5.41) is 19.2. The predicted molar refractivity (Wildman–Crippen MR) is 112 cm³/mol. The Morgan fingerprint density at radius 1 is 1.33 bits per heavy atom. The topological polar surface area (TPSA) is 128 Å². The summed E-state index contributed by atoms with van der Waals surface area (Å²) in [6.07, 6.45) is 5.81. The number of hydroxylamine groups is 2. The van der Waals surface area contributed by atoms with E-state index in [2.05, 4.69) is 21.0 Å². The van der Waals surface area contributed by atoms with Crippen LogP contribution in [0.3, 0.4) is 0 Å². The zero-order valence-corrected chi connectivity index (χ0v) is 18.1. The minimum atomic E-state index is -0.738. The third-order valence-corrected chi connectivity index (χ3v) is 6.02. The Morgan fingerprint density at radius 3 is 2.85 bits per heavy atom. The summed E-state index contributed by atoms with van der Waals surface area (Å²) in [5.41, 5.74) is 0.536. The molecule has 0 aliphatic carbocycles. The second kappa shape index (κ2) is 9.35. The molecule has 33 heavy (non-hydrogen) atoms. The van der Waals surface area contributed by atoms with Gasteiger partial charge in [0.2, 0.25) is 11.8 Å². The molecule has 0 N–H and O–H groups in total. The fourth-order valence-electron chi connectivity index (χ4n) is 4.05. The minimum absolute atomic E-state index is 0.120. The average molecular weight is 451 g/mol. The molecule has 0 unspecified atom stereocenters. The normalized spacial score (nSPS) is 19.6. The highest BCUT2D eigenvalue weighted by Gasteiger charge is 2.44. The van der Waals surface area contributed by atoms with Gasteiger partial charge in [-0.05, 0) is 24.5 Å². The molecule has 2 aromatic rings. The zero-order chi connectivity index (χ0) is 23.4. The van der Waals surface area contributed by atoms with Gasteiger partial charge in [0.25, 0.3) is 11.8 Å². The Hall–Kier alpha value is -3.83. The lowest BCUT2D eigenvalue weighted by atomic mass is 9.79. The summed E-state index contributed by atoms with van der Waals surface area (Å²) in [7, 11) is 0. The van der Waals surface area contributed by atoms with Crippen molar-refractivity contribution < 1.29 is 18.8 Å². The van der Waals surface area contributed by atoms with E-state index >= 15 is 0 Å². The van der Waals surface area contributed by atoms with Crippen LogP contribution in [0.4, 0.5) is 10.3 Å². The first kappa shape index (κ1) is 22.4. The number of carbonyl (C=O) groups excluding carboxylic acids is 1. The molecule has 2 aromatic heterocycles. The molecule has 2 saturated heterocycles. The molecule has 4 rings (SSSR count). The van der Waals surface area contributed by atoms with Gasteiger partial charge in [-0.25, -0.2) is 10.0 Å². The van der Waals surface area contributed by atoms with Gasteiger partial charge < -0.3 is 9.64 Å². The van der Waals surface area contributed by atoms with E-state index in [0.29, 0.717) is 44.5 Å². The Bertz CT molecular complexity index is 1120. The van der Waals surface area contributed by atoms with Gasteiger partial charge in [0.05, 0.1) is 29.8 Å². The molecule has 1 amide bonds. The van der Waals surface area contributed by atoms with Gasteiger partial charge in [0, 0.05) is 31.9 Å². The molecule has 2 aliphatic heterocycles. The third kappa shape index (κ3) is 4.54. The Balaban J connectivity index is 1.45. The summed E-state index contributed by atoms with van der Waals surface area (Å²) in [4.78, 5) is 33.3. The molecule has 2 aliphatic rings. The second-order valence-corrected chi connectivity index (χ2v) is 8.20. The number of hydrogen-bond acceptors (Lipinski definition) is 9. The fourth-order valence-corrected chi connectivity index (χ4v) is 4.05. The average Bonchev–Trinajstić information content (AvgIpc) is 3.33. The van der Waals surface area contributed by atoms with Crippen molar-refractivity contribution in [1.82, 2.24) is 20.0 Å². The van der Waals surface area contributed by atoms with Crippen LogP contribution in [0.25, 0.3) is 0 Å². The highest BCUT2D eigenvalue weighted by atomic mass is 19.1. The number of ether oxygens (including phenoxy) is 1. The summed E-state index contributed by atoms with van der Waals surface area (Å²) in [6.45, 7) is 2.96. The fraction of sp³-hybridized carbons (Fsp3) is 0.455. The standard InChI is InChI=1S/C22H22FN7O3/c1-22(20(31)30-18(2-8-33-30)16-10-15(11-25)12-26-13-16)3-6-29(7-4-22)21-27-14-17(23)19(28-21)32-9-5-24/h10,12-14,18H,2-4,6-9H2,1H3/t18-/m0/s1. The predicted octanol–water partition coefficient (Wildman–Crippen LogP) is 2.30. The van der Waals surface area contributed by atoms with E-state index in [1.165, 1.54) is 11.3 Å². The smallest absolute Gasteiger partial charge is 0.256 e. The second-order valence-electron chi connectivity index (χ2n) is 8.20. The van der Waals surface area contributed by atoms with Gasteiger partial charge in [0.15, 0.2) is 6.61 Å². The first-order chi connectivity index (χ1) is 15.9. The van der Waals surface area contributed by atoms with E-state index in [-0.39, 0.29) is 30.4 Å². The number of nitrogens with zero attached hydrogens (tertiary/aromatic N) is 7. The van der Waals surface area contributed by atoms with Crippen molar-refractivity contribution in [3.63, 3.8) is 0 Å². The van der Waals surface area contributed by atoms with Gasteiger partial charge in [0.1, 0.15) is 12.1 Å². The van der Waals surface area contributed by atoms with Crippen molar-refractivity contribution in [2.24, 2.45) is 5.41 Å². The zero-order valence-electron chi connectivity index (χ0n) is 18.1. The van der Waals surface area contributed by atoms with Crippen LogP contribution in [-0.4, -0.2) is 52.2 Å². The quantitative estimate of drug-likeness (QED) is 0.672. The van der Waals surface area contributed by atoms with Crippen LogP contribution in [0.1, 0.15) is 43.4 Å². The monoisotopic (exact) mass is 451 g/mol. The van der Waals surface area contributed by atoms with E-state index in [1.807, 2.05) is 11.8 Å². The maximum atomic E-state index is 13.8. The van der Waals surface area contributed by atoms with E-state index < -0.39 is 11.2 Å². The molecule has 10 nitrogen and oxygen atoms in total. The van der Waals surface area contributed by atoms with Gasteiger partial charge in [-0.1, -0.05) is 6.92 Å². The Morgan fingerprint density at radius 2 is 2.12 bits per heavy atom. The van der Waals surface area contributed by atoms with Crippen molar-refractivity contribution in [1.29, 1.82) is 10.5 Å². The molecule has 4 heterocycles. The first-order valence-electron chi connectivity index (χ1n) is 10.5. The SMILES string of the molecule is CC1(C(=O)N2OCC[C@H]2c2cncc(C#N)c2)CCN(c2ncc(F)c(OCC#N)n2)CC1. The number of amides is 1. The lowest BCUT2D eigenvalue weighted by Gasteiger charge is -2.40. The number of nitriles is 2. The van der Waals surface area contributed by atoms with E-state index in [0.717, 1.165) is 11.8 Å². The van der Waals surface area contributed by atoms with Gasteiger partial charge >= 0.3 is 0 Å². The van der Waals surface area contributed by atoms with Crippen molar-refractivity contribution in [2.75, 3.05) is 31.2 Å². The Labute approximate surface area is 190 Å².